The number of β-amino-alcohol motifs (C(OH)–C–C–N with tert-alkyl or cyclic N) is 1. The van der Waals surface area contributed by atoms with Gasteiger partial charge in [0, 0.05) is 19.5 Å². The van der Waals surface area contributed by atoms with Crippen LogP contribution in [-0.2, 0) is 16.1 Å². The zero-order valence-electron chi connectivity index (χ0n) is 19.3. The van der Waals surface area contributed by atoms with Crippen LogP contribution in [0.3, 0.4) is 0 Å². The Labute approximate surface area is 199 Å². The van der Waals surface area contributed by atoms with Gasteiger partial charge in [-0.25, -0.2) is 4.98 Å². The molecule has 174 valence electrons. The molecular weight excluding hydrogens is 439 g/mol. The molecule has 2 aromatic rings. The van der Waals surface area contributed by atoms with E-state index in [0.717, 1.165) is 21.7 Å². The van der Waals surface area contributed by atoms with Crippen LogP contribution in [0.5, 0.6) is 0 Å². The van der Waals surface area contributed by atoms with Crippen LogP contribution in [0, 0.1) is 12.3 Å². The third kappa shape index (κ3) is 6.00. The number of hydrogen-bond acceptors (Lipinski definition) is 6. The molecule has 3 atom stereocenters. The molecule has 0 saturated carbocycles. The van der Waals surface area contributed by atoms with E-state index in [4.69, 9.17) is 7.85 Å². The summed E-state index contributed by atoms with van der Waals surface area (Å²) in [6.07, 6.45) is -0.685. The van der Waals surface area contributed by atoms with E-state index in [1.807, 2.05) is 36.7 Å². The lowest BCUT2D eigenvalue weighted by atomic mass is 9.85. The predicted molar refractivity (Wildman–Crippen MR) is 128 cm³/mol. The number of rotatable bonds is 6. The van der Waals surface area contributed by atoms with Crippen molar-refractivity contribution in [3.8, 4) is 10.4 Å². The average molecular weight is 468 g/mol. The van der Waals surface area contributed by atoms with Crippen LogP contribution in [0.25, 0.3) is 10.4 Å². The van der Waals surface area contributed by atoms with Crippen molar-refractivity contribution in [1.29, 1.82) is 0 Å². The molecule has 3 rings (SSSR count). The lowest BCUT2D eigenvalue weighted by Crippen LogP contribution is -2.57. The second-order valence-electron chi connectivity index (χ2n) is 9.39. The molecule has 1 aliphatic heterocycles. The average Bonchev–Trinajstić information content (AvgIpc) is 3.35. The molecule has 1 fully saturated rings. The maximum atomic E-state index is 13.2. The van der Waals surface area contributed by atoms with Gasteiger partial charge in [-0.3, -0.25) is 14.4 Å². The van der Waals surface area contributed by atoms with Gasteiger partial charge >= 0.3 is 0 Å². The molecule has 33 heavy (non-hydrogen) atoms. The number of aromatic nitrogens is 1. The SMILES string of the molecule is [B]C(=O)NC(C(=O)N1C[C@H](O)C[C@H]1C(=O)NCc1ccc(-c2scnc2C)cc1)C(C)(C)C. The monoisotopic (exact) mass is 468 g/mol. The van der Waals surface area contributed by atoms with Crippen molar-refractivity contribution in [2.24, 2.45) is 5.41 Å². The van der Waals surface area contributed by atoms with E-state index in [1.165, 1.54) is 4.90 Å². The van der Waals surface area contributed by atoms with Crippen LogP contribution < -0.4 is 10.6 Å². The predicted octanol–water partition coefficient (Wildman–Crippen LogP) is 1.99. The maximum absolute atomic E-state index is 13.2. The Morgan fingerprint density at radius 1 is 1.27 bits per heavy atom. The number of aliphatic hydroxyl groups is 1. The number of thiazole rings is 1. The number of aliphatic hydroxyl groups excluding tert-OH is 1. The Bertz CT molecular complexity index is 1020. The highest BCUT2D eigenvalue weighted by Gasteiger charge is 2.44. The Balaban J connectivity index is 1.67. The first kappa shape index (κ1) is 24.9. The molecule has 1 aliphatic rings. The highest BCUT2D eigenvalue weighted by molar-refractivity contribution is 7.13. The maximum Gasteiger partial charge on any atom is 0.246 e. The molecule has 1 unspecified atom stereocenters. The van der Waals surface area contributed by atoms with Crippen molar-refractivity contribution in [2.45, 2.75) is 58.8 Å². The molecule has 0 bridgehead atoms. The summed E-state index contributed by atoms with van der Waals surface area (Å²) in [4.78, 5) is 44.3. The standard InChI is InChI=1S/C23H29BN4O4S/c1-13-18(33-12-26-13)15-7-5-14(6-8-15)10-25-20(30)17-9-16(29)11-28(17)21(31)19(23(2,3)4)27-22(24)32/h5-8,12,16-17,19,29H,9-11H2,1-4H3,(H,25,30)(H,27,32)/t16-,17+,19?/m1/s1. The Morgan fingerprint density at radius 2 is 1.94 bits per heavy atom. The number of nitrogens with zero attached hydrogens (tertiary/aromatic N) is 2. The number of nitrogens with one attached hydrogen (secondary N) is 2. The zero-order valence-corrected chi connectivity index (χ0v) is 20.1. The van der Waals surface area contributed by atoms with Crippen molar-refractivity contribution in [3.63, 3.8) is 0 Å². The number of carbonyl (C=O) groups is 3. The van der Waals surface area contributed by atoms with Crippen molar-refractivity contribution in [1.82, 2.24) is 20.5 Å². The van der Waals surface area contributed by atoms with Crippen LogP contribution >= 0.6 is 11.3 Å². The largest absolute Gasteiger partial charge is 0.391 e. The summed E-state index contributed by atoms with van der Waals surface area (Å²) in [6, 6.07) is 6.10. The number of amides is 3. The van der Waals surface area contributed by atoms with E-state index in [9.17, 15) is 19.5 Å². The first-order valence-electron chi connectivity index (χ1n) is 10.8. The first-order chi connectivity index (χ1) is 15.5. The van der Waals surface area contributed by atoms with Gasteiger partial charge in [-0.2, -0.15) is 0 Å². The van der Waals surface area contributed by atoms with E-state index >= 15 is 0 Å². The van der Waals surface area contributed by atoms with Crippen molar-refractivity contribution < 1.29 is 19.5 Å². The summed E-state index contributed by atoms with van der Waals surface area (Å²) >= 11 is 1.58. The smallest absolute Gasteiger partial charge is 0.246 e. The van der Waals surface area contributed by atoms with E-state index in [2.05, 4.69) is 15.6 Å². The van der Waals surface area contributed by atoms with Gasteiger partial charge in [0.2, 0.25) is 19.7 Å². The molecular formula is C23H29BN4O4S. The minimum absolute atomic E-state index is 0.0207. The van der Waals surface area contributed by atoms with Crippen LogP contribution in [-0.4, -0.2) is 65.2 Å². The highest BCUT2D eigenvalue weighted by Crippen LogP contribution is 2.28. The van der Waals surface area contributed by atoms with Crippen LogP contribution in [0.15, 0.2) is 29.8 Å². The van der Waals surface area contributed by atoms with Crippen molar-refractivity contribution in [2.75, 3.05) is 6.54 Å². The van der Waals surface area contributed by atoms with Crippen molar-refractivity contribution >= 4 is 36.8 Å². The number of hydrogen-bond donors (Lipinski definition) is 3. The molecule has 10 heteroatoms. The Hall–Kier alpha value is -2.72. The molecule has 0 spiro atoms. The second kappa shape index (κ2) is 10.0. The van der Waals surface area contributed by atoms with Gasteiger partial charge in [-0.15, -0.1) is 11.3 Å². The summed E-state index contributed by atoms with van der Waals surface area (Å²) in [6.45, 7) is 7.66. The van der Waals surface area contributed by atoms with E-state index in [0.29, 0.717) is 0 Å². The molecule has 2 radical (unpaired) electrons. The fourth-order valence-electron chi connectivity index (χ4n) is 3.92. The van der Waals surface area contributed by atoms with Crippen LogP contribution in [0.2, 0.25) is 0 Å². The van der Waals surface area contributed by atoms with Crippen molar-refractivity contribution in [3.05, 3.63) is 41.0 Å². The molecule has 2 heterocycles. The lowest BCUT2D eigenvalue weighted by molar-refractivity contribution is -0.141. The molecule has 1 aromatic carbocycles. The fraction of sp³-hybridized carbons (Fsp3) is 0.478. The molecule has 1 aromatic heterocycles. The van der Waals surface area contributed by atoms with Crippen LogP contribution in [0.1, 0.15) is 38.4 Å². The third-order valence-corrected chi connectivity index (χ3v) is 6.67. The Kier molecular flexibility index (Phi) is 7.59. The van der Waals surface area contributed by atoms with Gasteiger partial charge < -0.3 is 20.6 Å². The zero-order chi connectivity index (χ0) is 24.3. The molecule has 8 nitrogen and oxygen atoms in total. The second-order valence-corrected chi connectivity index (χ2v) is 10.2. The number of benzene rings is 1. The third-order valence-electron chi connectivity index (χ3n) is 5.69. The minimum Gasteiger partial charge on any atom is -0.391 e. The first-order valence-corrected chi connectivity index (χ1v) is 11.7. The van der Waals surface area contributed by atoms with Gasteiger partial charge in [0.25, 0.3) is 0 Å². The number of aryl methyl sites for hydroxylation is 1. The van der Waals surface area contributed by atoms with E-state index < -0.39 is 35.3 Å². The summed E-state index contributed by atoms with van der Waals surface area (Å²) in [5.41, 5.74) is 4.14. The molecule has 0 aliphatic carbocycles. The quantitative estimate of drug-likeness (QED) is 0.562. The summed E-state index contributed by atoms with van der Waals surface area (Å²) < 4.78 is 0. The van der Waals surface area contributed by atoms with Crippen LogP contribution in [0.4, 0.5) is 4.79 Å². The number of likely N-dealkylation sites (tertiary alicyclic amines) is 1. The van der Waals surface area contributed by atoms with Gasteiger partial charge in [-0.05, 0) is 23.5 Å². The summed E-state index contributed by atoms with van der Waals surface area (Å²) in [5, 5.41) is 15.5. The Morgan fingerprint density at radius 3 is 2.48 bits per heavy atom. The fourth-order valence-corrected chi connectivity index (χ4v) is 4.73. The van der Waals surface area contributed by atoms with E-state index in [1.54, 1.807) is 32.1 Å². The normalized spacial score (nSPS) is 19.2. The summed E-state index contributed by atoms with van der Waals surface area (Å²) in [7, 11) is 5.26. The summed E-state index contributed by atoms with van der Waals surface area (Å²) in [5.74, 6) is -1.61. The number of carbonyl (C=O) groups excluding carboxylic acids is 3. The highest BCUT2D eigenvalue weighted by atomic mass is 32.1. The van der Waals surface area contributed by atoms with Gasteiger partial charge in [0.15, 0.2) is 5.81 Å². The topological polar surface area (TPSA) is 112 Å². The minimum atomic E-state index is -0.918. The van der Waals surface area contributed by atoms with E-state index in [-0.39, 0.29) is 25.4 Å². The molecule has 3 amide bonds. The molecule has 1 saturated heterocycles. The van der Waals surface area contributed by atoms with Gasteiger partial charge in [-0.1, -0.05) is 45.0 Å². The molecule has 3 N–H and O–H groups in total. The van der Waals surface area contributed by atoms with Gasteiger partial charge in [0.05, 0.1) is 22.2 Å². The lowest BCUT2D eigenvalue weighted by Gasteiger charge is -2.35. The van der Waals surface area contributed by atoms with Gasteiger partial charge in [0.1, 0.15) is 12.1 Å².